The van der Waals surface area contributed by atoms with E-state index in [0.29, 0.717) is 18.8 Å². The summed E-state index contributed by atoms with van der Waals surface area (Å²) in [5, 5.41) is -0.0256. The molecule has 0 unspecified atom stereocenters. The van der Waals surface area contributed by atoms with Crippen molar-refractivity contribution in [3.63, 3.8) is 0 Å². The summed E-state index contributed by atoms with van der Waals surface area (Å²) in [6, 6.07) is 4.41. The van der Waals surface area contributed by atoms with Gasteiger partial charge in [0.15, 0.2) is 5.75 Å². The molecule has 0 spiro atoms. The molecule has 3 rings (SSSR count). The van der Waals surface area contributed by atoms with Crippen molar-refractivity contribution in [2.75, 3.05) is 18.1 Å². The Bertz CT molecular complexity index is 893. The van der Waals surface area contributed by atoms with Gasteiger partial charge in [-0.05, 0) is 39.3 Å². The summed E-state index contributed by atoms with van der Waals surface area (Å²) in [4.78, 5) is 6.35. The molecular formula is C21H25F3N2O2. The van der Waals surface area contributed by atoms with Gasteiger partial charge < -0.3 is 14.4 Å². The largest absolute Gasteiger partial charge is 0.489 e. The molecule has 1 aliphatic heterocycles. The van der Waals surface area contributed by atoms with E-state index in [9.17, 15) is 13.2 Å². The van der Waals surface area contributed by atoms with E-state index in [1.54, 1.807) is 26.0 Å². The second-order valence-electron chi connectivity index (χ2n) is 7.44. The van der Waals surface area contributed by atoms with Gasteiger partial charge in [0.25, 0.3) is 0 Å². The van der Waals surface area contributed by atoms with Crippen LogP contribution < -0.4 is 14.4 Å². The van der Waals surface area contributed by atoms with E-state index in [2.05, 4.69) is 16.5 Å². The Hall–Kier alpha value is -2.44. The van der Waals surface area contributed by atoms with E-state index in [0.717, 1.165) is 18.1 Å². The van der Waals surface area contributed by atoms with Crippen molar-refractivity contribution in [2.45, 2.75) is 52.4 Å². The average Bonchev–Trinajstić information content (AvgIpc) is 2.59. The van der Waals surface area contributed by atoms with Gasteiger partial charge in [-0.15, -0.1) is 0 Å². The normalized spacial score (nSPS) is 16.9. The van der Waals surface area contributed by atoms with Gasteiger partial charge in [-0.2, -0.15) is 13.2 Å². The van der Waals surface area contributed by atoms with Crippen molar-refractivity contribution < 1.29 is 22.6 Å². The predicted molar refractivity (Wildman–Crippen MR) is 104 cm³/mol. The molecular weight excluding hydrogens is 369 g/mol. The van der Waals surface area contributed by atoms with Gasteiger partial charge in [0.2, 0.25) is 5.88 Å². The van der Waals surface area contributed by atoms with Gasteiger partial charge in [-0.25, -0.2) is 4.98 Å². The number of benzene rings is 1. The second kappa shape index (κ2) is 7.53. The molecule has 0 saturated heterocycles. The molecule has 0 amide bonds. The Labute approximate surface area is 163 Å². The number of hydrogen-bond donors (Lipinski definition) is 0. The van der Waals surface area contributed by atoms with Gasteiger partial charge in [0.05, 0.1) is 34.3 Å². The maximum absolute atomic E-state index is 13.9. The van der Waals surface area contributed by atoms with Crippen molar-refractivity contribution >= 4 is 16.6 Å². The highest BCUT2D eigenvalue weighted by Gasteiger charge is 2.37. The molecule has 1 aliphatic rings. The number of fused-ring (bicyclic) bond motifs is 3. The van der Waals surface area contributed by atoms with Crippen LogP contribution in [0.1, 0.15) is 39.7 Å². The number of ether oxygens (including phenoxy) is 2. The fourth-order valence-electron chi connectivity index (χ4n) is 3.47. The summed E-state index contributed by atoms with van der Waals surface area (Å²) in [5.74, 6) is 0.176. The third kappa shape index (κ3) is 3.88. The van der Waals surface area contributed by atoms with Gasteiger partial charge in [-0.1, -0.05) is 19.1 Å². The Morgan fingerprint density at radius 3 is 2.68 bits per heavy atom. The van der Waals surface area contributed by atoms with Gasteiger partial charge in [0, 0.05) is 12.6 Å². The van der Waals surface area contributed by atoms with Crippen LogP contribution in [0.25, 0.3) is 10.9 Å². The lowest BCUT2D eigenvalue weighted by atomic mass is 10.0. The predicted octanol–water partition coefficient (Wildman–Crippen LogP) is 5.59. The van der Waals surface area contributed by atoms with Crippen LogP contribution in [0.2, 0.25) is 0 Å². The van der Waals surface area contributed by atoms with Crippen LogP contribution in [0, 0.1) is 0 Å². The topological polar surface area (TPSA) is 34.6 Å². The zero-order chi connectivity index (χ0) is 20.6. The summed E-state index contributed by atoms with van der Waals surface area (Å²) >= 11 is 0. The molecule has 0 bridgehead atoms. The van der Waals surface area contributed by atoms with E-state index in [1.807, 2.05) is 13.8 Å². The first-order valence-electron chi connectivity index (χ1n) is 9.37. The smallest absolute Gasteiger partial charge is 0.417 e. The summed E-state index contributed by atoms with van der Waals surface area (Å²) < 4.78 is 53.0. The molecule has 0 aliphatic carbocycles. The molecule has 0 N–H and O–H groups in total. The number of pyridine rings is 1. The third-order valence-electron chi connectivity index (χ3n) is 4.63. The summed E-state index contributed by atoms with van der Waals surface area (Å²) in [5.41, 5.74) is 0.976. The maximum atomic E-state index is 13.9. The number of anilines is 1. The summed E-state index contributed by atoms with van der Waals surface area (Å²) in [7, 11) is 0. The maximum Gasteiger partial charge on any atom is 0.417 e. The Morgan fingerprint density at radius 1 is 1.39 bits per heavy atom. The van der Waals surface area contributed by atoms with Gasteiger partial charge in [-0.3, -0.25) is 0 Å². The first-order chi connectivity index (χ1) is 13.1. The van der Waals surface area contributed by atoms with Crippen molar-refractivity contribution in [3.05, 3.63) is 35.9 Å². The monoisotopic (exact) mass is 394 g/mol. The van der Waals surface area contributed by atoms with E-state index in [4.69, 9.17) is 9.47 Å². The fourth-order valence-corrected chi connectivity index (χ4v) is 3.47. The standard InChI is InChI=1S/C21H25F3N2O2/c1-6-14-11-27-20-17(26(14)10-12(2)3)8-7-16-19(20)15(21(22,23)24)9-18(25-16)28-13(4)5/h7-9,13-14H,2,6,10-11H2,1,3-5H3/t14-/m1/s1. The van der Waals surface area contributed by atoms with Crippen LogP contribution in [0.3, 0.4) is 0 Å². The zero-order valence-electron chi connectivity index (χ0n) is 16.6. The molecule has 0 radical (unpaired) electrons. The van der Waals surface area contributed by atoms with Crippen molar-refractivity contribution in [3.8, 4) is 11.6 Å². The molecule has 28 heavy (non-hydrogen) atoms. The lowest BCUT2D eigenvalue weighted by molar-refractivity contribution is -0.136. The first-order valence-corrected chi connectivity index (χ1v) is 9.37. The van der Waals surface area contributed by atoms with Crippen LogP contribution in [0.4, 0.5) is 18.9 Å². The van der Waals surface area contributed by atoms with E-state index < -0.39 is 11.7 Å². The molecule has 2 heterocycles. The molecule has 1 atom stereocenters. The Morgan fingerprint density at radius 2 is 2.11 bits per heavy atom. The summed E-state index contributed by atoms with van der Waals surface area (Å²) in [6.45, 7) is 12.3. The molecule has 1 aromatic carbocycles. The van der Waals surface area contributed by atoms with E-state index in [1.165, 1.54) is 0 Å². The van der Waals surface area contributed by atoms with Crippen molar-refractivity contribution in [1.82, 2.24) is 4.98 Å². The fraction of sp³-hybridized carbons (Fsp3) is 0.476. The summed E-state index contributed by atoms with van der Waals surface area (Å²) in [6.07, 6.45) is -4.03. The molecule has 0 fully saturated rings. The number of hydrogen-bond acceptors (Lipinski definition) is 4. The molecule has 0 saturated carbocycles. The molecule has 2 aromatic rings. The van der Waals surface area contributed by atoms with Crippen LogP contribution in [-0.2, 0) is 6.18 Å². The molecule has 7 heteroatoms. The van der Waals surface area contributed by atoms with Crippen LogP contribution in [0.15, 0.2) is 30.4 Å². The number of nitrogens with zero attached hydrogens (tertiary/aromatic N) is 2. The third-order valence-corrected chi connectivity index (χ3v) is 4.63. The average molecular weight is 394 g/mol. The number of alkyl halides is 3. The molecule has 4 nitrogen and oxygen atoms in total. The number of halogens is 3. The molecule has 1 aromatic heterocycles. The minimum absolute atomic E-state index is 0.0256. The van der Waals surface area contributed by atoms with Crippen LogP contribution in [0.5, 0.6) is 11.6 Å². The van der Waals surface area contributed by atoms with Crippen LogP contribution >= 0.6 is 0 Å². The van der Waals surface area contributed by atoms with E-state index in [-0.39, 0.29) is 34.7 Å². The highest BCUT2D eigenvalue weighted by Crippen LogP contribution is 2.46. The van der Waals surface area contributed by atoms with Crippen molar-refractivity contribution in [2.24, 2.45) is 0 Å². The SMILES string of the molecule is C=C(C)CN1c2ccc3nc(OC(C)C)cc(C(F)(F)F)c3c2OC[C@H]1CC. The Kier molecular flexibility index (Phi) is 5.46. The highest BCUT2D eigenvalue weighted by molar-refractivity contribution is 5.95. The minimum atomic E-state index is -4.56. The minimum Gasteiger partial charge on any atom is -0.489 e. The van der Waals surface area contributed by atoms with Crippen LogP contribution in [-0.4, -0.2) is 30.3 Å². The van der Waals surface area contributed by atoms with Gasteiger partial charge in [0.1, 0.15) is 6.61 Å². The molecule has 152 valence electrons. The number of rotatable bonds is 5. The quantitative estimate of drug-likeness (QED) is 0.619. The van der Waals surface area contributed by atoms with Crippen molar-refractivity contribution in [1.29, 1.82) is 0 Å². The zero-order valence-corrected chi connectivity index (χ0v) is 16.6. The lowest BCUT2D eigenvalue weighted by Crippen LogP contribution is -2.43. The number of aromatic nitrogens is 1. The van der Waals surface area contributed by atoms with E-state index >= 15 is 0 Å². The second-order valence-corrected chi connectivity index (χ2v) is 7.44. The Balaban J connectivity index is 2.25. The van der Waals surface area contributed by atoms with Gasteiger partial charge >= 0.3 is 6.18 Å². The first kappa shape index (κ1) is 20.3. The lowest BCUT2D eigenvalue weighted by Gasteiger charge is -2.39. The highest BCUT2D eigenvalue weighted by atomic mass is 19.4.